The van der Waals surface area contributed by atoms with Gasteiger partial charge in [-0.2, -0.15) is 0 Å². The molecule has 2 amide bonds. The fraction of sp³-hybridized carbons (Fsp3) is 0.579. The summed E-state index contributed by atoms with van der Waals surface area (Å²) in [5, 5.41) is 0. The Bertz CT molecular complexity index is 538. The van der Waals surface area contributed by atoms with Gasteiger partial charge in [-0.3, -0.25) is 4.79 Å². The predicted octanol–water partition coefficient (Wildman–Crippen LogP) is 3.12. The zero-order valence-corrected chi connectivity index (χ0v) is 13.7. The summed E-state index contributed by atoms with van der Waals surface area (Å²) in [6.07, 6.45) is 5.48. The van der Waals surface area contributed by atoms with Gasteiger partial charge in [0.15, 0.2) is 0 Å². The first-order valence-corrected chi connectivity index (χ1v) is 8.84. The third-order valence-corrected chi connectivity index (χ3v) is 5.03. The Morgan fingerprint density at radius 2 is 1.65 bits per heavy atom. The van der Waals surface area contributed by atoms with Crippen molar-refractivity contribution in [1.82, 2.24) is 9.80 Å². The second kappa shape index (κ2) is 7.62. The van der Waals surface area contributed by atoms with E-state index in [1.54, 1.807) is 0 Å². The molecule has 2 saturated heterocycles. The Kier molecular flexibility index (Phi) is 5.31. The number of rotatable bonds is 4. The second-order valence-electron chi connectivity index (χ2n) is 6.71. The van der Waals surface area contributed by atoms with E-state index in [9.17, 15) is 9.59 Å². The average molecular weight is 314 g/mol. The number of urea groups is 1. The molecule has 0 bridgehead atoms. The highest BCUT2D eigenvalue weighted by Gasteiger charge is 2.31. The van der Waals surface area contributed by atoms with Gasteiger partial charge in [0.1, 0.15) is 5.78 Å². The molecule has 1 aromatic rings. The Morgan fingerprint density at radius 1 is 0.957 bits per heavy atom. The van der Waals surface area contributed by atoms with Crippen molar-refractivity contribution in [2.45, 2.75) is 38.5 Å². The van der Waals surface area contributed by atoms with E-state index in [0.717, 1.165) is 51.7 Å². The lowest BCUT2D eigenvalue weighted by Crippen LogP contribution is -2.48. The molecule has 2 fully saturated rings. The van der Waals surface area contributed by atoms with Crippen LogP contribution in [0.1, 0.15) is 37.7 Å². The van der Waals surface area contributed by atoms with Crippen LogP contribution in [-0.2, 0) is 11.2 Å². The number of carbonyl (C=O) groups is 2. The molecule has 124 valence electrons. The van der Waals surface area contributed by atoms with Gasteiger partial charge in [-0.05, 0) is 37.7 Å². The zero-order chi connectivity index (χ0) is 16.1. The molecule has 2 aliphatic rings. The van der Waals surface area contributed by atoms with Gasteiger partial charge in [0.05, 0.1) is 0 Å². The van der Waals surface area contributed by atoms with Crippen LogP contribution in [0.2, 0.25) is 0 Å². The van der Waals surface area contributed by atoms with E-state index in [1.165, 1.54) is 5.56 Å². The molecule has 1 unspecified atom stereocenters. The maximum absolute atomic E-state index is 12.5. The highest BCUT2D eigenvalue weighted by Crippen LogP contribution is 2.22. The molecule has 4 nitrogen and oxygen atoms in total. The molecular formula is C19H26N2O2. The number of likely N-dealkylation sites (tertiary alicyclic amines) is 2. The highest BCUT2D eigenvalue weighted by molar-refractivity contribution is 5.83. The molecule has 0 aromatic heterocycles. The molecule has 0 N–H and O–H groups in total. The van der Waals surface area contributed by atoms with Crippen molar-refractivity contribution in [3.8, 4) is 0 Å². The Balaban J connectivity index is 1.51. The van der Waals surface area contributed by atoms with E-state index in [2.05, 4.69) is 12.1 Å². The first-order chi connectivity index (χ1) is 11.2. The smallest absolute Gasteiger partial charge is 0.320 e. The number of aryl methyl sites for hydroxylation is 1. The fourth-order valence-corrected chi connectivity index (χ4v) is 3.64. The number of piperidine rings is 1. The van der Waals surface area contributed by atoms with Crippen LogP contribution in [-0.4, -0.2) is 47.8 Å². The van der Waals surface area contributed by atoms with Gasteiger partial charge in [0.2, 0.25) is 0 Å². The largest absolute Gasteiger partial charge is 0.325 e. The lowest BCUT2D eigenvalue weighted by Gasteiger charge is -2.34. The van der Waals surface area contributed by atoms with E-state index >= 15 is 0 Å². The van der Waals surface area contributed by atoms with E-state index in [4.69, 9.17) is 0 Å². The van der Waals surface area contributed by atoms with E-state index in [1.807, 2.05) is 28.0 Å². The van der Waals surface area contributed by atoms with Gasteiger partial charge in [-0.15, -0.1) is 0 Å². The van der Waals surface area contributed by atoms with Gasteiger partial charge in [-0.1, -0.05) is 30.3 Å². The van der Waals surface area contributed by atoms with E-state index in [-0.39, 0.29) is 11.9 Å². The Labute approximate surface area is 138 Å². The molecule has 23 heavy (non-hydrogen) atoms. The molecule has 1 aromatic carbocycles. The van der Waals surface area contributed by atoms with Crippen LogP contribution in [0.15, 0.2) is 30.3 Å². The van der Waals surface area contributed by atoms with Gasteiger partial charge < -0.3 is 9.80 Å². The lowest BCUT2D eigenvalue weighted by atomic mass is 9.90. The Morgan fingerprint density at radius 3 is 2.39 bits per heavy atom. The number of benzene rings is 1. The van der Waals surface area contributed by atoms with Crippen molar-refractivity contribution in [3.05, 3.63) is 35.9 Å². The van der Waals surface area contributed by atoms with Crippen LogP contribution in [0.3, 0.4) is 0 Å². The van der Waals surface area contributed by atoms with Crippen LogP contribution in [0.5, 0.6) is 0 Å². The minimum Gasteiger partial charge on any atom is -0.325 e. The van der Waals surface area contributed by atoms with E-state index in [0.29, 0.717) is 18.7 Å². The number of nitrogens with zero attached hydrogens (tertiary/aromatic N) is 2. The first-order valence-electron chi connectivity index (χ1n) is 8.84. The monoisotopic (exact) mass is 314 g/mol. The minimum absolute atomic E-state index is 0.0269. The standard InChI is InChI=1S/C19H26N2O2/c22-18(11-10-16-7-2-1-3-8-16)17-9-6-14-21(15-17)19(23)20-12-4-5-13-20/h1-3,7-8,17H,4-6,9-15H2. The molecule has 3 rings (SSSR count). The molecule has 2 aliphatic heterocycles. The normalized spacial score (nSPS) is 21.5. The average Bonchev–Trinajstić information content (AvgIpc) is 3.14. The zero-order valence-electron chi connectivity index (χ0n) is 13.7. The van der Waals surface area contributed by atoms with Gasteiger partial charge in [-0.25, -0.2) is 4.79 Å². The first kappa shape index (κ1) is 16.0. The Hall–Kier alpha value is -1.84. The fourth-order valence-electron chi connectivity index (χ4n) is 3.64. The predicted molar refractivity (Wildman–Crippen MR) is 90.3 cm³/mol. The van der Waals surface area contributed by atoms with Crippen LogP contribution in [0.25, 0.3) is 0 Å². The van der Waals surface area contributed by atoms with Crippen molar-refractivity contribution in [2.24, 2.45) is 5.92 Å². The summed E-state index contributed by atoms with van der Waals surface area (Å²) >= 11 is 0. The quantitative estimate of drug-likeness (QED) is 0.857. The topological polar surface area (TPSA) is 40.6 Å². The molecule has 2 heterocycles. The van der Waals surface area contributed by atoms with Gasteiger partial charge in [0.25, 0.3) is 0 Å². The number of hydrogen-bond donors (Lipinski definition) is 0. The number of hydrogen-bond acceptors (Lipinski definition) is 2. The van der Waals surface area contributed by atoms with Crippen LogP contribution >= 0.6 is 0 Å². The molecule has 1 atom stereocenters. The van der Waals surface area contributed by atoms with E-state index < -0.39 is 0 Å². The van der Waals surface area contributed by atoms with Crippen molar-refractivity contribution >= 4 is 11.8 Å². The van der Waals surface area contributed by atoms with Crippen molar-refractivity contribution in [3.63, 3.8) is 0 Å². The second-order valence-corrected chi connectivity index (χ2v) is 6.71. The van der Waals surface area contributed by atoms with Crippen LogP contribution in [0.4, 0.5) is 4.79 Å². The number of carbonyl (C=O) groups excluding carboxylic acids is 2. The summed E-state index contributed by atoms with van der Waals surface area (Å²) in [5.74, 6) is 0.340. The summed E-state index contributed by atoms with van der Waals surface area (Å²) in [7, 11) is 0. The maximum atomic E-state index is 12.5. The van der Waals surface area contributed by atoms with Gasteiger partial charge >= 0.3 is 6.03 Å². The SMILES string of the molecule is O=C(CCc1ccccc1)C1CCCN(C(=O)N2CCCC2)C1. The highest BCUT2D eigenvalue weighted by atomic mass is 16.2. The summed E-state index contributed by atoms with van der Waals surface area (Å²) in [6.45, 7) is 3.17. The molecule has 0 aliphatic carbocycles. The molecule has 4 heteroatoms. The number of Topliss-reactive ketones (excluding diaryl/α,β-unsaturated/α-hetero) is 1. The van der Waals surface area contributed by atoms with Crippen molar-refractivity contribution < 1.29 is 9.59 Å². The van der Waals surface area contributed by atoms with Crippen LogP contribution < -0.4 is 0 Å². The summed E-state index contributed by atoms with van der Waals surface area (Å²) in [6, 6.07) is 10.3. The number of amides is 2. The molecule has 0 saturated carbocycles. The lowest BCUT2D eigenvalue weighted by molar-refractivity contribution is -0.124. The number of ketones is 1. The minimum atomic E-state index is 0.0269. The summed E-state index contributed by atoms with van der Waals surface area (Å²) in [5.41, 5.74) is 1.21. The molecule has 0 radical (unpaired) electrons. The summed E-state index contributed by atoms with van der Waals surface area (Å²) < 4.78 is 0. The van der Waals surface area contributed by atoms with Crippen LogP contribution in [0, 0.1) is 5.92 Å². The molecular weight excluding hydrogens is 288 g/mol. The third-order valence-electron chi connectivity index (χ3n) is 5.03. The van der Waals surface area contributed by atoms with Crippen molar-refractivity contribution in [2.75, 3.05) is 26.2 Å². The van der Waals surface area contributed by atoms with Gasteiger partial charge in [0, 0.05) is 38.5 Å². The maximum Gasteiger partial charge on any atom is 0.320 e. The summed E-state index contributed by atoms with van der Waals surface area (Å²) in [4.78, 5) is 28.8. The van der Waals surface area contributed by atoms with Crippen molar-refractivity contribution in [1.29, 1.82) is 0 Å². The third kappa shape index (κ3) is 4.12. The molecule has 0 spiro atoms.